The standard InChI is InChI=1S/C15H21N3/c1-10(2)15-17-13-6-3-11(9-14(13)18-15)7-8-16-12-4-5-12/h3,6,9-10,12,16H,4-5,7-8H2,1-2H3,(H,17,18). The molecule has 0 aliphatic heterocycles. The average molecular weight is 243 g/mol. The minimum Gasteiger partial charge on any atom is -0.342 e. The van der Waals surface area contributed by atoms with Gasteiger partial charge in [-0.3, -0.25) is 0 Å². The minimum absolute atomic E-state index is 0.456. The maximum absolute atomic E-state index is 4.60. The number of nitrogens with one attached hydrogen (secondary N) is 2. The lowest BCUT2D eigenvalue weighted by Crippen LogP contribution is -2.19. The molecule has 1 aromatic carbocycles. The number of H-pyrrole nitrogens is 1. The molecule has 2 aromatic rings. The van der Waals surface area contributed by atoms with Gasteiger partial charge in [-0.15, -0.1) is 0 Å². The third kappa shape index (κ3) is 2.56. The van der Waals surface area contributed by atoms with Gasteiger partial charge in [0.25, 0.3) is 0 Å². The summed E-state index contributed by atoms with van der Waals surface area (Å²) in [6, 6.07) is 7.36. The molecule has 1 fully saturated rings. The van der Waals surface area contributed by atoms with Crippen molar-refractivity contribution in [2.24, 2.45) is 0 Å². The van der Waals surface area contributed by atoms with Crippen LogP contribution in [0.4, 0.5) is 0 Å². The zero-order chi connectivity index (χ0) is 12.5. The van der Waals surface area contributed by atoms with Crippen molar-refractivity contribution in [1.82, 2.24) is 15.3 Å². The Balaban J connectivity index is 1.72. The summed E-state index contributed by atoms with van der Waals surface area (Å²) in [5, 5.41) is 3.55. The predicted octanol–water partition coefficient (Wildman–Crippen LogP) is 2.98. The van der Waals surface area contributed by atoms with Crippen molar-refractivity contribution in [2.45, 2.75) is 45.1 Å². The number of rotatable bonds is 5. The number of fused-ring (bicyclic) bond motifs is 1. The molecule has 96 valence electrons. The van der Waals surface area contributed by atoms with E-state index in [4.69, 9.17) is 0 Å². The summed E-state index contributed by atoms with van der Waals surface area (Å²) in [5.74, 6) is 1.54. The Labute approximate surface area is 108 Å². The molecule has 2 N–H and O–H groups in total. The van der Waals surface area contributed by atoms with Gasteiger partial charge in [-0.2, -0.15) is 0 Å². The van der Waals surface area contributed by atoms with Crippen molar-refractivity contribution >= 4 is 11.0 Å². The first-order chi connectivity index (χ1) is 8.72. The van der Waals surface area contributed by atoms with Crippen LogP contribution >= 0.6 is 0 Å². The Morgan fingerprint density at radius 2 is 2.22 bits per heavy atom. The monoisotopic (exact) mass is 243 g/mol. The van der Waals surface area contributed by atoms with E-state index in [-0.39, 0.29) is 0 Å². The van der Waals surface area contributed by atoms with Gasteiger partial charge in [-0.05, 0) is 43.5 Å². The normalized spacial score (nSPS) is 15.7. The fourth-order valence-corrected chi connectivity index (χ4v) is 2.21. The van der Waals surface area contributed by atoms with Crippen LogP contribution in [0.15, 0.2) is 18.2 Å². The molecule has 0 atom stereocenters. The van der Waals surface area contributed by atoms with Crippen LogP contribution in [0.25, 0.3) is 11.0 Å². The lowest BCUT2D eigenvalue weighted by Gasteiger charge is -2.02. The van der Waals surface area contributed by atoms with Crippen LogP contribution in [0.2, 0.25) is 0 Å². The summed E-state index contributed by atoms with van der Waals surface area (Å²) >= 11 is 0. The molecule has 0 radical (unpaired) electrons. The molecule has 0 saturated heterocycles. The third-order valence-electron chi connectivity index (χ3n) is 3.54. The van der Waals surface area contributed by atoms with Crippen LogP contribution in [0.5, 0.6) is 0 Å². The van der Waals surface area contributed by atoms with E-state index < -0.39 is 0 Å². The maximum atomic E-state index is 4.60. The van der Waals surface area contributed by atoms with E-state index in [1.165, 1.54) is 23.9 Å². The van der Waals surface area contributed by atoms with E-state index in [9.17, 15) is 0 Å². The number of imidazole rings is 1. The highest BCUT2D eigenvalue weighted by Crippen LogP contribution is 2.20. The van der Waals surface area contributed by atoms with Gasteiger partial charge in [0.2, 0.25) is 0 Å². The molecule has 0 bridgehead atoms. The number of hydrogen-bond donors (Lipinski definition) is 2. The summed E-state index contributed by atoms with van der Waals surface area (Å²) in [7, 11) is 0. The second-order valence-corrected chi connectivity index (χ2v) is 5.61. The summed E-state index contributed by atoms with van der Waals surface area (Å²) in [6.45, 7) is 5.41. The summed E-state index contributed by atoms with van der Waals surface area (Å²) in [4.78, 5) is 8.02. The molecule has 0 unspecified atom stereocenters. The Morgan fingerprint density at radius 1 is 1.39 bits per heavy atom. The molecular weight excluding hydrogens is 222 g/mol. The highest BCUT2D eigenvalue weighted by atomic mass is 14.9. The van der Waals surface area contributed by atoms with Gasteiger partial charge in [0, 0.05) is 12.0 Å². The SMILES string of the molecule is CC(C)c1nc2ccc(CCNC3CC3)cc2[nH]1. The van der Waals surface area contributed by atoms with Crippen molar-refractivity contribution in [3.63, 3.8) is 0 Å². The second-order valence-electron chi connectivity index (χ2n) is 5.61. The van der Waals surface area contributed by atoms with Crippen molar-refractivity contribution in [3.8, 4) is 0 Å². The average Bonchev–Trinajstić information content (AvgIpc) is 3.06. The molecule has 3 rings (SSSR count). The van der Waals surface area contributed by atoms with Crippen molar-refractivity contribution in [1.29, 1.82) is 0 Å². The van der Waals surface area contributed by atoms with Gasteiger partial charge in [-0.25, -0.2) is 4.98 Å². The zero-order valence-electron chi connectivity index (χ0n) is 11.2. The summed E-state index contributed by atoms with van der Waals surface area (Å²) < 4.78 is 0. The number of nitrogens with zero attached hydrogens (tertiary/aromatic N) is 1. The van der Waals surface area contributed by atoms with Gasteiger partial charge < -0.3 is 10.3 Å². The van der Waals surface area contributed by atoms with E-state index in [1.807, 2.05) is 0 Å². The first-order valence-electron chi connectivity index (χ1n) is 6.94. The van der Waals surface area contributed by atoms with Crippen molar-refractivity contribution in [2.75, 3.05) is 6.54 Å². The lowest BCUT2D eigenvalue weighted by atomic mass is 10.1. The Hall–Kier alpha value is -1.35. The van der Waals surface area contributed by atoms with Crippen LogP contribution in [0.1, 0.15) is 44.0 Å². The molecule has 1 heterocycles. The van der Waals surface area contributed by atoms with Gasteiger partial charge in [0.15, 0.2) is 0 Å². The molecular formula is C15H21N3. The highest BCUT2D eigenvalue weighted by molar-refractivity contribution is 5.76. The maximum Gasteiger partial charge on any atom is 0.109 e. The molecule has 3 nitrogen and oxygen atoms in total. The van der Waals surface area contributed by atoms with E-state index in [2.05, 4.69) is 47.3 Å². The Kier molecular flexibility index (Phi) is 3.08. The largest absolute Gasteiger partial charge is 0.342 e. The number of aromatic nitrogens is 2. The first kappa shape index (κ1) is 11.7. The molecule has 3 heteroatoms. The molecule has 1 aliphatic carbocycles. The molecule has 0 amide bonds. The molecule has 0 spiro atoms. The Morgan fingerprint density at radius 3 is 2.94 bits per heavy atom. The van der Waals surface area contributed by atoms with Crippen LogP contribution in [-0.4, -0.2) is 22.6 Å². The molecule has 1 aromatic heterocycles. The quantitative estimate of drug-likeness (QED) is 0.847. The van der Waals surface area contributed by atoms with Gasteiger partial charge >= 0.3 is 0 Å². The number of hydrogen-bond acceptors (Lipinski definition) is 2. The van der Waals surface area contributed by atoms with Gasteiger partial charge in [0.1, 0.15) is 5.82 Å². The van der Waals surface area contributed by atoms with E-state index in [0.717, 1.165) is 30.3 Å². The van der Waals surface area contributed by atoms with E-state index >= 15 is 0 Å². The lowest BCUT2D eigenvalue weighted by molar-refractivity contribution is 0.682. The number of benzene rings is 1. The van der Waals surface area contributed by atoms with E-state index in [0.29, 0.717) is 5.92 Å². The van der Waals surface area contributed by atoms with E-state index in [1.54, 1.807) is 0 Å². The first-order valence-corrected chi connectivity index (χ1v) is 6.94. The third-order valence-corrected chi connectivity index (χ3v) is 3.54. The Bertz CT molecular complexity index is 538. The smallest absolute Gasteiger partial charge is 0.109 e. The topological polar surface area (TPSA) is 40.7 Å². The summed E-state index contributed by atoms with van der Waals surface area (Å²) in [5.41, 5.74) is 3.63. The molecule has 18 heavy (non-hydrogen) atoms. The number of aromatic amines is 1. The summed E-state index contributed by atoms with van der Waals surface area (Å²) in [6.07, 6.45) is 3.82. The van der Waals surface area contributed by atoms with Crippen LogP contribution in [0.3, 0.4) is 0 Å². The minimum atomic E-state index is 0.456. The van der Waals surface area contributed by atoms with Gasteiger partial charge in [0.05, 0.1) is 11.0 Å². The second kappa shape index (κ2) is 4.73. The van der Waals surface area contributed by atoms with Crippen LogP contribution < -0.4 is 5.32 Å². The van der Waals surface area contributed by atoms with Crippen molar-refractivity contribution in [3.05, 3.63) is 29.6 Å². The fourth-order valence-electron chi connectivity index (χ4n) is 2.21. The highest BCUT2D eigenvalue weighted by Gasteiger charge is 2.19. The van der Waals surface area contributed by atoms with Crippen LogP contribution in [0, 0.1) is 0 Å². The van der Waals surface area contributed by atoms with Gasteiger partial charge in [-0.1, -0.05) is 19.9 Å². The molecule has 1 aliphatic rings. The predicted molar refractivity (Wildman–Crippen MR) is 74.9 cm³/mol. The fraction of sp³-hybridized carbons (Fsp3) is 0.533. The van der Waals surface area contributed by atoms with Crippen molar-refractivity contribution < 1.29 is 0 Å². The molecule has 1 saturated carbocycles. The zero-order valence-corrected chi connectivity index (χ0v) is 11.2. The van der Waals surface area contributed by atoms with Crippen LogP contribution in [-0.2, 0) is 6.42 Å².